The lowest BCUT2D eigenvalue weighted by atomic mass is 9.43. The summed E-state index contributed by atoms with van der Waals surface area (Å²) >= 11 is 0. The fourth-order valence-electron chi connectivity index (χ4n) is 7.84. The van der Waals surface area contributed by atoms with Gasteiger partial charge in [0.25, 0.3) is 0 Å². The first-order valence-electron chi connectivity index (χ1n) is 10.3. The summed E-state index contributed by atoms with van der Waals surface area (Å²) in [5.41, 5.74) is 0.251. The van der Waals surface area contributed by atoms with Gasteiger partial charge in [0.1, 0.15) is 0 Å². The van der Waals surface area contributed by atoms with Crippen LogP contribution >= 0.6 is 0 Å². The van der Waals surface area contributed by atoms with E-state index in [4.69, 9.17) is 0 Å². The minimum atomic E-state index is -0.397. The Morgan fingerprint density at radius 3 is 2.48 bits per heavy atom. The number of allylic oxidation sites excluding steroid dienone is 2. The highest BCUT2D eigenvalue weighted by Gasteiger charge is 2.66. The van der Waals surface area contributed by atoms with Gasteiger partial charge in [-0.2, -0.15) is 0 Å². The molecule has 4 fully saturated rings. The highest BCUT2D eigenvalue weighted by molar-refractivity contribution is 5.19. The van der Waals surface area contributed by atoms with E-state index in [-0.39, 0.29) is 5.41 Å². The van der Waals surface area contributed by atoms with Crippen molar-refractivity contribution in [3.8, 4) is 0 Å². The maximum Gasteiger partial charge on any atom is 0.0737 e. The molecular weight excluding hydrogens is 280 g/mol. The van der Waals surface area contributed by atoms with Crippen molar-refractivity contribution in [1.82, 2.24) is 0 Å². The van der Waals surface area contributed by atoms with E-state index >= 15 is 0 Å². The largest absolute Gasteiger partial charge is 0.389 e. The summed E-state index contributed by atoms with van der Waals surface area (Å²) in [7, 11) is 0. The first-order valence-corrected chi connectivity index (χ1v) is 10.3. The van der Waals surface area contributed by atoms with Crippen molar-refractivity contribution in [1.29, 1.82) is 0 Å². The summed E-state index contributed by atoms with van der Waals surface area (Å²) in [6.07, 6.45) is 17.9. The van der Waals surface area contributed by atoms with E-state index in [1.54, 1.807) is 0 Å². The Morgan fingerprint density at radius 2 is 1.70 bits per heavy atom. The Bertz CT molecular complexity index is 496. The number of fused-ring (bicyclic) bond motifs is 5. The zero-order valence-electron chi connectivity index (χ0n) is 15.5. The van der Waals surface area contributed by atoms with Gasteiger partial charge in [-0.1, -0.05) is 38.8 Å². The number of hydrogen-bond donors (Lipinski definition) is 1. The van der Waals surface area contributed by atoms with Gasteiger partial charge in [-0.05, 0) is 87.4 Å². The SMILES string of the molecule is CC=C[C@H]1CC[C@]2(O)[C@@H]3CC[C@@H]4CCCC[C@]4(C)[C@H]3CC[C@]12C. The third-order valence-corrected chi connectivity index (χ3v) is 9.27. The molecule has 0 spiro atoms. The number of rotatable bonds is 1. The topological polar surface area (TPSA) is 20.2 Å². The van der Waals surface area contributed by atoms with E-state index in [2.05, 4.69) is 32.9 Å². The van der Waals surface area contributed by atoms with Crippen LogP contribution < -0.4 is 0 Å². The normalized spacial score (nSPS) is 56.2. The van der Waals surface area contributed by atoms with Gasteiger partial charge in [0.2, 0.25) is 0 Å². The molecule has 4 saturated carbocycles. The smallest absolute Gasteiger partial charge is 0.0737 e. The van der Waals surface area contributed by atoms with Gasteiger partial charge < -0.3 is 5.11 Å². The minimum absolute atomic E-state index is 0.124. The first kappa shape index (κ1) is 16.2. The summed E-state index contributed by atoms with van der Waals surface area (Å²) < 4.78 is 0. The fraction of sp³-hybridized carbons (Fsp3) is 0.909. The summed E-state index contributed by atoms with van der Waals surface area (Å²) in [5.74, 6) is 2.88. The van der Waals surface area contributed by atoms with Crippen LogP contribution in [0.1, 0.15) is 85.0 Å². The first-order chi connectivity index (χ1) is 11.0. The van der Waals surface area contributed by atoms with Gasteiger partial charge in [-0.15, -0.1) is 0 Å². The Morgan fingerprint density at radius 1 is 0.870 bits per heavy atom. The molecule has 130 valence electrons. The molecule has 4 rings (SSSR count). The average molecular weight is 317 g/mol. The van der Waals surface area contributed by atoms with Gasteiger partial charge in [0, 0.05) is 5.41 Å². The molecule has 7 atom stereocenters. The van der Waals surface area contributed by atoms with Crippen molar-refractivity contribution in [3.63, 3.8) is 0 Å². The van der Waals surface area contributed by atoms with Crippen molar-refractivity contribution in [2.24, 2.45) is 34.5 Å². The maximum atomic E-state index is 11.9. The summed E-state index contributed by atoms with van der Waals surface area (Å²) in [6, 6.07) is 0. The molecule has 1 heteroatoms. The predicted molar refractivity (Wildman–Crippen MR) is 96.1 cm³/mol. The standard InChI is InChI=1S/C22H36O/c1-4-7-17-11-15-22(23)19-10-9-16-8-5-6-13-20(16,2)18(19)12-14-21(17,22)3/h4,7,16-19,23H,5-6,8-15H2,1-3H3/t16-,17-,18-,19+,20-,21+,22-/m0/s1. The second-order valence-corrected chi connectivity index (χ2v) is 9.79. The molecule has 0 heterocycles. The second kappa shape index (κ2) is 5.35. The van der Waals surface area contributed by atoms with Crippen LogP contribution in [0, 0.1) is 34.5 Å². The molecule has 1 nitrogen and oxygen atoms in total. The predicted octanol–water partition coefficient (Wildman–Crippen LogP) is 5.73. The van der Waals surface area contributed by atoms with E-state index in [1.165, 1.54) is 57.8 Å². The Labute approximate surface area is 142 Å². The molecule has 0 saturated heterocycles. The molecular formula is C22H36O. The van der Waals surface area contributed by atoms with E-state index in [9.17, 15) is 5.11 Å². The lowest BCUT2D eigenvalue weighted by Gasteiger charge is -2.63. The van der Waals surface area contributed by atoms with Crippen molar-refractivity contribution >= 4 is 0 Å². The van der Waals surface area contributed by atoms with Crippen LogP contribution in [-0.4, -0.2) is 10.7 Å². The quantitative estimate of drug-likeness (QED) is 0.613. The molecule has 0 amide bonds. The molecule has 0 aromatic heterocycles. The van der Waals surface area contributed by atoms with Crippen molar-refractivity contribution < 1.29 is 5.11 Å². The fourth-order valence-corrected chi connectivity index (χ4v) is 7.84. The van der Waals surface area contributed by atoms with E-state index in [1.807, 2.05) is 0 Å². The summed E-state index contributed by atoms with van der Waals surface area (Å²) in [6.45, 7) is 7.15. The van der Waals surface area contributed by atoms with Crippen LogP contribution in [0.4, 0.5) is 0 Å². The van der Waals surface area contributed by atoms with E-state index in [0.29, 0.717) is 17.3 Å². The average Bonchev–Trinajstić information content (AvgIpc) is 2.80. The van der Waals surface area contributed by atoms with Crippen LogP contribution in [0.15, 0.2) is 12.2 Å². The molecule has 0 aliphatic heterocycles. The third-order valence-electron chi connectivity index (χ3n) is 9.27. The van der Waals surface area contributed by atoms with Crippen LogP contribution in [0.3, 0.4) is 0 Å². The molecule has 0 aromatic rings. The van der Waals surface area contributed by atoms with E-state index in [0.717, 1.165) is 18.3 Å². The van der Waals surface area contributed by atoms with E-state index < -0.39 is 5.60 Å². The molecule has 23 heavy (non-hydrogen) atoms. The zero-order valence-corrected chi connectivity index (χ0v) is 15.5. The van der Waals surface area contributed by atoms with Crippen molar-refractivity contribution in [3.05, 3.63) is 12.2 Å². The van der Waals surface area contributed by atoms with Crippen molar-refractivity contribution in [2.75, 3.05) is 0 Å². The number of aliphatic hydroxyl groups is 1. The number of hydrogen-bond acceptors (Lipinski definition) is 1. The Kier molecular flexibility index (Phi) is 3.76. The van der Waals surface area contributed by atoms with Gasteiger partial charge in [-0.25, -0.2) is 0 Å². The molecule has 1 N–H and O–H groups in total. The lowest BCUT2D eigenvalue weighted by Crippen LogP contribution is -2.61. The Balaban J connectivity index is 1.68. The molecule has 4 aliphatic rings. The second-order valence-electron chi connectivity index (χ2n) is 9.79. The van der Waals surface area contributed by atoms with Gasteiger partial charge in [0.15, 0.2) is 0 Å². The third kappa shape index (κ3) is 2.01. The van der Waals surface area contributed by atoms with Crippen LogP contribution in [-0.2, 0) is 0 Å². The van der Waals surface area contributed by atoms with Crippen LogP contribution in [0.25, 0.3) is 0 Å². The highest BCUT2D eigenvalue weighted by atomic mass is 16.3. The summed E-state index contributed by atoms with van der Waals surface area (Å²) in [5, 5.41) is 11.9. The van der Waals surface area contributed by atoms with Gasteiger partial charge >= 0.3 is 0 Å². The maximum absolute atomic E-state index is 11.9. The van der Waals surface area contributed by atoms with Crippen molar-refractivity contribution in [2.45, 2.75) is 90.6 Å². The van der Waals surface area contributed by atoms with Gasteiger partial charge in [-0.3, -0.25) is 0 Å². The molecule has 0 unspecified atom stereocenters. The molecule has 0 bridgehead atoms. The summed E-state index contributed by atoms with van der Waals surface area (Å²) in [4.78, 5) is 0. The Hall–Kier alpha value is -0.300. The molecule has 0 aromatic carbocycles. The molecule has 4 aliphatic carbocycles. The minimum Gasteiger partial charge on any atom is -0.389 e. The van der Waals surface area contributed by atoms with Crippen LogP contribution in [0.5, 0.6) is 0 Å². The lowest BCUT2D eigenvalue weighted by molar-refractivity contribution is -0.203. The van der Waals surface area contributed by atoms with Gasteiger partial charge in [0.05, 0.1) is 5.60 Å². The monoisotopic (exact) mass is 316 g/mol. The zero-order chi connectivity index (χ0) is 16.3. The van der Waals surface area contributed by atoms with Crippen LogP contribution in [0.2, 0.25) is 0 Å². The molecule has 0 radical (unpaired) electrons. The highest BCUT2D eigenvalue weighted by Crippen LogP contribution is 2.69.